The highest BCUT2D eigenvalue weighted by atomic mass is 127. The second-order valence-corrected chi connectivity index (χ2v) is 6.97. The monoisotopic (exact) mass is 434 g/mol. The lowest BCUT2D eigenvalue weighted by Gasteiger charge is -2.13. The maximum Gasteiger partial charge on any atom is 0.416 e. The highest BCUT2D eigenvalue weighted by Gasteiger charge is 2.32. The molecule has 118 valence electrons. The third-order valence-corrected chi connectivity index (χ3v) is 4.48. The van der Waals surface area contributed by atoms with Crippen molar-refractivity contribution in [3.05, 3.63) is 27.3 Å². The van der Waals surface area contributed by atoms with Crippen molar-refractivity contribution in [1.82, 2.24) is 4.90 Å². The fourth-order valence-electron chi connectivity index (χ4n) is 1.45. The van der Waals surface area contributed by atoms with Gasteiger partial charge in [-0.1, -0.05) is 0 Å². The molecule has 0 aromatic heterocycles. The summed E-state index contributed by atoms with van der Waals surface area (Å²) in [6.45, 7) is 4.73. The zero-order valence-corrected chi connectivity index (χ0v) is 14.3. The van der Waals surface area contributed by atoms with Gasteiger partial charge < -0.3 is 4.90 Å². The van der Waals surface area contributed by atoms with Gasteiger partial charge in [-0.2, -0.15) is 21.6 Å². The Labute approximate surface area is 135 Å². The second kappa shape index (κ2) is 6.95. The van der Waals surface area contributed by atoms with Gasteiger partial charge in [-0.3, -0.25) is 0 Å². The molecule has 1 rings (SSSR count). The van der Waals surface area contributed by atoms with Crippen LogP contribution in [0, 0.1) is 3.57 Å². The standard InChI is InChI=1S/C12H14F3IN2O2S/c1-3-18(4-2)8-17-21(19,20)11-6-9(12(13,14)15)5-10(16)7-11/h5-8H,3-4H2,1-2H3. The van der Waals surface area contributed by atoms with Gasteiger partial charge in [-0.15, -0.1) is 4.40 Å². The van der Waals surface area contributed by atoms with Crippen LogP contribution in [0.5, 0.6) is 0 Å². The van der Waals surface area contributed by atoms with Crippen molar-refractivity contribution < 1.29 is 21.6 Å². The Morgan fingerprint density at radius 1 is 1.24 bits per heavy atom. The molecule has 0 saturated heterocycles. The summed E-state index contributed by atoms with van der Waals surface area (Å²) < 4.78 is 65.8. The Bertz CT molecular complexity index is 626. The van der Waals surface area contributed by atoms with E-state index in [9.17, 15) is 21.6 Å². The molecule has 0 aliphatic carbocycles. The van der Waals surface area contributed by atoms with Crippen LogP contribution in [0.2, 0.25) is 0 Å². The molecule has 4 nitrogen and oxygen atoms in total. The number of hydrogen-bond acceptors (Lipinski definition) is 2. The van der Waals surface area contributed by atoms with E-state index in [1.165, 1.54) is 0 Å². The summed E-state index contributed by atoms with van der Waals surface area (Å²) in [7, 11) is -4.16. The summed E-state index contributed by atoms with van der Waals surface area (Å²) in [5, 5.41) is 0. The molecule has 0 fully saturated rings. The van der Waals surface area contributed by atoms with Gasteiger partial charge >= 0.3 is 6.18 Å². The summed E-state index contributed by atoms with van der Waals surface area (Å²) in [4.78, 5) is 1.15. The fourth-order valence-corrected chi connectivity index (χ4v) is 3.27. The first-order valence-corrected chi connectivity index (χ1v) is 8.54. The molecular weight excluding hydrogens is 420 g/mol. The number of benzene rings is 1. The molecule has 0 aliphatic rings. The molecule has 1 aromatic rings. The van der Waals surface area contributed by atoms with Gasteiger partial charge in [0, 0.05) is 16.7 Å². The van der Waals surface area contributed by atoms with Gasteiger partial charge in [0.15, 0.2) is 0 Å². The Hall–Kier alpha value is -0.840. The molecule has 0 bridgehead atoms. The SMILES string of the molecule is CCN(C=NS(=O)(=O)c1cc(I)cc(C(F)(F)F)c1)CC. The second-order valence-electron chi connectivity index (χ2n) is 4.09. The van der Waals surface area contributed by atoms with E-state index in [-0.39, 0.29) is 3.57 Å². The maximum absolute atomic E-state index is 12.7. The first-order valence-electron chi connectivity index (χ1n) is 6.02. The Balaban J connectivity index is 3.23. The van der Waals surface area contributed by atoms with Crippen molar-refractivity contribution in [2.45, 2.75) is 24.9 Å². The van der Waals surface area contributed by atoms with Crippen molar-refractivity contribution >= 4 is 39.0 Å². The molecule has 0 unspecified atom stereocenters. The third kappa shape index (κ3) is 5.13. The van der Waals surface area contributed by atoms with Gasteiger partial charge in [-0.25, -0.2) is 0 Å². The van der Waals surface area contributed by atoms with Crippen LogP contribution in [-0.4, -0.2) is 32.7 Å². The largest absolute Gasteiger partial charge is 0.416 e. The highest BCUT2D eigenvalue weighted by molar-refractivity contribution is 14.1. The number of alkyl halides is 3. The van der Waals surface area contributed by atoms with Crippen LogP contribution in [0.25, 0.3) is 0 Å². The zero-order chi connectivity index (χ0) is 16.3. The summed E-state index contributed by atoms with van der Waals surface area (Å²) in [5.41, 5.74) is -1.01. The molecule has 0 spiro atoms. The first-order chi connectivity index (χ1) is 9.60. The normalized spacial score (nSPS) is 12.9. The van der Waals surface area contributed by atoms with Gasteiger partial charge in [0.05, 0.1) is 10.5 Å². The van der Waals surface area contributed by atoms with E-state index < -0.39 is 26.7 Å². The van der Waals surface area contributed by atoms with E-state index in [0.29, 0.717) is 19.2 Å². The van der Waals surface area contributed by atoms with Crippen LogP contribution in [0.4, 0.5) is 13.2 Å². The molecule has 9 heteroatoms. The summed E-state index contributed by atoms with van der Waals surface area (Å²) >= 11 is 1.64. The highest BCUT2D eigenvalue weighted by Crippen LogP contribution is 2.32. The molecule has 0 N–H and O–H groups in total. The summed E-state index contributed by atoms with van der Waals surface area (Å²) in [6, 6.07) is 2.63. The number of rotatable bonds is 5. The van der Waals surface area contributed by atoms with Crippen LogP contribution in [0.1, 0.15) is 19.4 Å². The molecule has 0 radical (unpaired) electrons. The van der Waals surface area contributed by atoms with E-state index in [2.05, 4.69) is 4.40 Å². The molecule has 21 heavy (non-hydrogen) atoms. The molecular formula is C12H14F3IN2O2S. The minimum absolute atomic E-state index is 0.180. The molecule has 1 aromatic carbocycles. The molecule has 0 amide bonds. The number of halogens is 4. The Morgan fingerprint density at radius 3 is 2.29 bits per heavy atom. The van der Waals surface area contributed by atoms with Crippen molar-refractivity contribution in [1.29, 1.82) is 0 Å². The maximum atomic E-state index is 12.7. The van der Waals surface area contributed by atoms with Gasteiger partial charge in [0.25, 0.3) is 10.0 Å². The minimum Gasteiger partial charge on any atom is -0.362 e. The van der Waals surface area contributed by atoms with E-state index in [0.717, 1.165) is 18.5 Å². The van der Waals surface area contributed by atoms with E-state index in [4.69, 9.17) is 0 Å². The van der Waals surface area contributed by atoms with Crippen molar-refractivity contribution in [2.24, 2.45) is 4.40 Å². The number of nitrogens with zero attached hydrogens (tertiary/aromatic N) is 2. The van der Waals surface area contributed by atoms with Crippen LogP contribution < -0.4 is 0 Å². The topological polar surface area (TPSA) is 49.7 Å². The average molecular weight is 434 g/mol. The zero-order valence-electron chi connectivity index (χ0n) is 11.4. The summed E-state index contributed by atoms with van der Waals surface area (Å²) in [6.07, 6.45) is -3.48. The smallest absolute Gasteiger partial charge is 0.362 e. The Kier molecular flexibility index (Phi) is 6.02. The van der Waals surface area contributed by atoms with Crippen molar-refractivity contribution in [3.8, 4) is 0 Å². The van der Waals surface area contributed by atoms with Gasteiger partial charge in [0.1, 0.15) is 6.34 Å². The lowest BCUT2D eigenvalue weighted by Crippen LogP contribution is -2.21. The van der Waals surface area contributed by atoms with Crippen LogP contribution in [-0.2, 0) is 16.2 Å². The number of hydrogen-bond donors (Lipinski definition) is 0. The molecule has 0 atom stereocenters. The Morgan fingerprint density at radius 2 is 1.81 bits per heavy atom. The quantitative estimate of drug-likeness (QED) is 0.406. The lowest BCUT2D eigenvalue weighted by atomic mass is 10.2. The molecule has 0 heterocycles. The van der Waals surface area contributed by atoms with Gasteiger partial charge in [0.2, 0.25) is 0 Å². The average Bonchev–Trinajstić information content (AvgIpc) is 2.38. The molecule has 0 saturated carbocycles. The summed E-state index contributed by atoms with van der Waals surface area (Å²) in [5.74, 6) is 0. The first kappa shape index (κ1) is 18.2. The third-order valence-electron chi connectivity index (χ3n) is 2.66. The van der Waals surface area contributed by atoms with Gasteiger partial charge in [-0.05, 0) is 54.6 Å². The van der Waals surface area contributed by atoms with Crippen LogP contribution >= 0.6 is 22.6 Å². The van der Waals surface area contributed by atoms with E-state index in [1.807, 2.05) is 13.8 Å². The van der Waals surface area contributed by atoms with E-state index >= 15 is 0 Å². The number of sulfonamides is 1. The van der Waals surface area contributed by atoms with Crippen molar-refractivity contribution in [2.75, 3.05) is 13.1 Å². The van der Waals surface area contributed by atoms with Crippen LogP contribution in [0.15, 0.2) is 27.5 Å². The fraction of sp³-hybridized carbons (Fsp3) is 0.417. The molecule has 0 aliphatic heterocycles. The predicted octanol–water partition coefficient (Wildman–Crippen LogP) is 3.37. The predicted molar refractivity (Wildman–Crippen MR) is 82.8 cm³/mol. The van der Waals surface area contributed by atoms with Crippen molar-refractivity contribution in [3.63, 3.8) is 0 Å². The lowest BCUT2D eigenvalue weighted by molar-refractivity contribution is -0.137. The van der Waals surface area contributed by atoms with E-state index in [1.54, 1.807) is 27.5 Å². The van der Waals surface area contributed by atoms with Crippen LogP contribution in [0.3, 0.4) is 0 Å². The minimum atomic E-state index is -4.60.